The molecule has 0 N–H and O–H groups in total. The van der Waals surface area contributed by atoms with Crippen molar-refractivity contribution in [3.05, 3.63) is 39.2 Å². The van der Waals surface area contributed by atoms with Crippen LogP contribution in [0.2, 0.25) is 0 Å². The first kappa shape index (κ1) is 9.31. The molecule has 0 bridgehead atoms. The number of nitrogens with zero attached hydrogens (tertiary/aromatic N) is 1. The van der Waals surface area contributed by atoms with Gasteiger partial charge < -0.3 is 0 Å². The molecule has 5 heteroatoms. The van der Waals surface area contributed by atoms with Crippen molar-refractivity contribution < 1.29 is 14.1 Å². The topological polar surface area (TPSA) is 60.2 Å². The maximum atomic E-state index is 13.1. The largest absolute Gasteiger partial charge is 0.315 e. The number of rotatable bonds is 2. The van der Waals surface area contributed by atoms with E-state index < -0.39 is 16.4 Å². The van der Waals surface area contributed by atoms with E-state index in [1.807, 2.05) is 0 Å². The molecule has 0 atom stereocenters. The second-order valence-electron chi connectivity index (χ2n) is 2.51. The molecule has 0 aliphatic carbocycles. The summed E-state index contributed by atoms with van der Waals surface area (Å²) < 4.78 is 13.1. The third-order valence-corrected chi connectivity index (χ3v) is 1.65. The maximum absolute atomic E-state index is 13.1. The molecule has 0 heterocycles. The number of aryl methyl sites for hydroxylation is 1. The van der Waals surface area contributed by atoms with Gasteiger partial charge in [-0.15, -0.1) is 0 Å². The summed E-state index contributed by atoms with van der Waals surface area (Å²) in [5.41, 5.74) is -0.847. The minimum atomic E-state index is -0.949. The van der Waals surface area contributed by atoms with Crippen molar-refractivity contribution in [1.29, 1.82) is 0 Å². The molecule has 0 aromatic heterocycles. The van der Waals surface area contributed by atoms with E-state index in [-0.39, 0.29) is 17.4 Å². The van der Waals surface area contributed by atoms with Gasteiger partial charge >= 0.3 is 5.69 Å². The van der Waals surface area contributed by atoms with Gasteiger partial charge in [-0.2, -0.15) is 4.39 Å². The van der Waals surface area contributed by atoms with E-state index in [1.54, 1.807) is 0 Å². The highest BCUT2D eigenvalue weighted by Crippen LogP contribution is 2.23. The first-order chi connectivity index (χ1) is 6.07. The van der Waals surface area contributed by atoms with Gasteiger partial charge in [-0.05, 0) is 18.6 Å². The standard InChI is InChI=1S/C8H6FNO3/c1-5-2-3-6(4-11)8(7(5)9)10(12)13/h2-4H,1H3. The lowest BCUT2D eigenvalue weighted by Gasteiger charge is -1.99. The van der Waals surface area contributed by atoms with Crippen LogP contribution in [0.4, 0.5) is 10.1 Å². The second-order valence-corrected chi connectivity index (χ2v) is 2.51. The van der Waals surface area contributed by atoms with Crippen LogP contribution in [0.1, 0.15) is 15.9 Å². The van der Waals surface area contributed by atoms with Crippen LogP contribution in [-0.4, -0.2) is 11.2 Å². The van der Waals surface area contributed by atoms with Gasteiger partial charge in [0.1, 0.15) is 0 Å². The Bertz CT molecular complexity index is 376. The first-order valence-corrected chi connectivity index (χ1v) is 3.46. The van der Waals surface area contributed by atoms with Gasteiger partial charge in [0, 0.05) is 0 Å². The van der Waals surface area contributed by atoms with Crippen LogP contribution in [0.3, 0.4) is 0 Å². The summed E-state index contributed by atoms with van der Waals surface area (Å²) >= 11 is 0. The van der Waals surface area contributed by atoms with Gasteiger partial charge in [0.15, 0.2) is 6.29 Å². The van der Waals surface area contributed by atoms with Crippen molar-refractivity contribution in [3.63, 3.8) is 0 Å². The van der Waals surface area contributed by atoms with Gasteiger partial charge in [-0.3, -0.25) is 14.9 Å². The molecule has 0 saturated heterocycles. The summed E-state index contributed by atoms with van der Waals surface area (Å²) in [4.78, 5) is 19.8. The highest BCUT2D eigenvalue weighted by atomic mass is 19.1. The lowest BCUT2D eigenvalue weighted by molar-refractivity contribution is -0.387. The van der Waals surface area contributed by atoms with Crippen molar-refractivity contribution in [3.8, 4) is 0 Å². The highest BCUT2D eigenvalue weighted by Gasteiger charge is 2.21. The van der Waals surface area contributed by atoms with Crippen molar-refractivity contribution in [2.75, 3.05) is 0 Å². The SMILES string of the molecule is Cc1ccc(C=O)c([N+](=O)[O-])c1F. The summed E-state index contributed by atoms with van der Waals surface area (Å²) in [5.74, 6) is -0.949. The number of carbonyl (C=O) groups excluding carboxylic acids is 1. The molecular formula is C8H6FNO3. The monoisotopic (exact) mass is 183 g/mol. The van der Waals surface area contributed by atoms with Gasteiger partial charge in [-0.1, -0.05) is 6.07 Å². The van der Waals surface area contributed by atoms with E-state index in [9.17, 15) is 19.3 Å². The van der Waals surface area contributed by atoms with E-state index in [4.69, 9.17) is 0 Å². The van der Waals surface area contributed by atoms with Crippen LogP contribution in [0, 0.1) is 22.9 Å². The number of aldehydes is 1. The summed E-state index contributed by atoms with van der Waals surface area (Å²) in [7, 11) is 0. The molecule has 0 saturated carbocycles. The Kier molecular flexibility index (Phi) is 2.36. The number of nitro benzene ring substituents is 1. The fraction of sp³-hybridized carbons (Fsp3) is 0.125. The first-order valence-electron chi connectivity index (χ1n) is 3.46. The highest BCUT2D eigenvalue weighted by molar-refractivity contribution is 5.81. The molecule has 68 valence electrons. The average molecular weight is 183 g/mol. The van der Waals surface area contributed by atoms with Gasteiger partial charge in [0.05, 0.1) is 10.5 Å². The number of carbonyl (C=O) groups is 1. The van der Waals surface area contributed by atoms with Gasteiger partial charge in [0.2, 0.25) is 5.82 Å². The normalized spacial score (nSPS) is 9.69. The number of hydrogen-bond acceptors (Lipinski definition) is 3. The molecule has 0 amide bonds. The van der Waals surface area contributed by atoms with E-state index in [0.29, 0.717) is 0 Å². The molecule has 0 aliphatic rings. The summed E-state index contributed by atoms with van der Waals surface area (Å²) in [6.07, 6.45) is 0.265. The Morgan fingerprint density at radius 1 is 1.54 bits per heavy atom. The Morgan fingerprint density at radius 2 is 2.15 bits per heavy atom. The predicted octanol–water partition coefficient (Wildman–Crippen LogP) is 1.85. The molecule has 4 nitrogen and oxygen atoms in total. The minimum absolute atomic E-state index is 0.150. The lowest BCUT2D eigenvalue weighted by atomic mass is 10.1. The van der Waals surface area contributed by atoms with E-state index >= 15 is 0 Å². The van der Waals surface area contributed by atoms with Crippen LogP contribution in [-0.2, 0) is 0 Å². The van der Waals surface area contributed by atoms with Crippen molar-refractivity contribution in [2.45, 2.75) is 6.92 Å². The van der Waals surface area contributed by atoms with Crippen molar-refractivity contribution in [2.24, 2.45) is 0 Å². The van der Waals surface area contributed by atoms with Crippen LogP contribution in [0.5, 0.6) is 0 Å². The molecule has 1 aromatic carbocycles. The zero-order valence-corrected chi connectivity index (χ0v) is 6.78. The van der Waals surface area contributed by atoms with Crippen molar-refractivity contribution >= 4 is 12.0 Å². The third-order valence-electron chi connectivity index (χ3n) is 1.65. The maximum Gasteiger partial charge on any atom is 0.315 e. The molecule has 0 aliphatic heterocycles. The lowest BCUT2D eigenvalue weighted by Crippen LogP contribution is -1.99. The smallest absolute Gasteiger partial charge is 0.298 e. The van der Waals surface area contributed by atoms with E-state index in [1.165, 1.54) is 19.1 Å². The molecule has 0 unspecified atom stereocenters. The predicted molar refractivity (Wildman–Crippen MR) is 43.2 cm³/mol. The molecule has 0 spiro atoms. The van der Waals surface area contributed by atoms with Crippen molar-refractivity contribution in [1.82, 2.24) is 0 Å². The number of halogens is 1. The summed E-state index contributed by atoms with van der Waals surface area (Å²) in [5, 5.41) is 10.4. The van der Waals surface area contributed by atoms with Gasteiger partial charge in [0.25, 0.3) is 0 Å². The second kappa shape index (κ2) is 3.30. The summed E-state index contributed by atoms with van der Waals surface area (Å²) in [6, 6.07) is 2.55. The average Bonchev–Trinajstić information content (AvgIpc) is 2.08. The Labute approximate surface area is 73.1 Å². The van der Waals surface area contributed by atoms with E-state index in [0.717, 1.165) is 0 Å². The Balaban J connectivity index is 3.50. The van der Waals surface area contributed by atoms with Crippen LogP contribution >= 0.6 is 0 Å². The fourth-order valence-electron chi connectivity index (χ4n) is 0.961. The van der Waals surface area contributed by atoms with E-state index in [2.05, 4.69) is 0 Å². The number of hydrogen-bond donors (Lipinski definition) is 0. The number of nitro groups is 1. The number of benzene rings is 1. The van der Waals surface area contributed by atoms with Gasteiger partial charge in [-0.25, -0.2) is 0 Å². The minimum Gasteiger partial charge on any atom is -0.298 e. The fourth-order valence-corrected chi connectivity index (χ4v) is 0.961. The van der Waals surface area contributed by atoms with Crippen LogP contribution < -0.4 is 0 Å². The Hall–Kier alpha value is -1.78. The third kappa shape index (κ3) is 1.53. The zero-order chi connectivity index (χ0) is 10.0. The molecule has 0 radical (unpaired) electrons. The molecule has 1 aromatic rings. The quantitative estimate of drug-likeness (QED) is 0.399. The summed E-state index contributed by atoms with van der Waals surface area (Å²) in [6.45, 7) is 1.40. The van der Waals surface area contributed by atoms with Crippen LogP contribution in [0.25, 0.3) is 0 Å². The molecule has 13 heavy (non-hydrogen) atoms. The Morgan fingerprint density at radius 3 is 2.62 bits per heavy atom. The molecule has 0 fully saturated rings. The zero-order valence-electron chi connectivity index (χ0n) is 6.78. The molecule has 1 rings (SSSR count). The molecular weight excluding hydrogens is 177 g/mol. The van der Waals surface area contributed by atoms with Crippen LogP contribution in [0.15, 0.2) is 12.1 Å².